The van der Waals surface area contributed by atoms with Crippen molar-refractivity contribution >= 4 is 34.3 Å². The van der Waals surface area contributed by atoms with Gasteiger partial charge >= 0.3 is 0 Å². The van der Waals surface area contributed by atoms with E-state index in [-0.39, 0.29) is 17.9 Å². The van der Waals surface area contributed by atoms with Crippen LogP contribution in [-0.2, 0) is 11.3 Å². The summed E-state index contributed by atoms with van der Waals surface area (Å²) >= 11 is 6.24. The van der Waals surface area contributed by atoms with Gasteiger partial charge < -0.3 is 19.2 Å². The Morgan fingerprint density at radius 2 is 1.82 bits per heavy atom. The number of Topliss-reactive ketones (excluding diaryl/α,β-unsaturated/α-hetero) is 1. The van der Waals surface area contributed by atoms with Crippen molar-refractivity contribution < 1.29 is 23.8 Å². The summed E-state index contributed by atoms with van der Waals surface area (Å²) in [5.74, 6) is -1.33. The van der Waals surface area contributed by atoms with E-state index in [1.54, 1.807) is 48.5 Å². The number of hydrogen-bond donors (Lipinski definition) is 1. The molecule has 3 aromatic carbocycles. The Morgan fingerprint density at radius 1 is 1.06 bits per heavy atom. The molecule has 0 spiro atoms. The maximum Gasteiger partial charge on any atom is 0.290 e. The molecular formula is C27H20ClNO5. The molecule has 1 amide bonds. The number of furan rings is 1. The Bertz CT molecular complexity index is 1440. The fourth-order valence-corrected chi connectivity index (χ4v) is 4.49. The minimum atomic E-state index is -0.839. The van der Waals surface area contributed by atoms with Crippen molar-refractivity contribution in [2.24, 2.45) is 0 Å². The Morgan fingerprint density at radius 3 is 2.56 bits per heavy atom. The Kier molecular flexibility index (Phi) is 5.59. The molecule has 1 aliphatic rings. The molecule has 0 fully saturated rings. The van der Waals surface area contributed by atoms with Crippen LogP contribution in [0.3, 0.4) is 0 Å². The zero-order valence-corrected chi connectivity index (χ0v) is 19.0. The predicted octanol–water partition coefficient (Wildman–Crippen LogP) is 5.87. The summed E-state index contributed by atoms with van der Waals surface area (Å²) in [5, 5.41) is 12.0. The Hall–Kier alpha value is -4.03. The molecule has 0 aliphatic carbocycles. The van der Waals surface area contributed by atoms with Crippen LogP contribution in [0, 0.1) is 0 Å². The zero-order chi connectivity index (χ0) is 23.8. The number of benzene rings is 3. The van der Waals surface area contributed by atoms with E-state index in [1.807, 2.05) is 30.3 Å². The van der Waals surface area contributed by atoms with Gasteiger partial charge in [-0.15, -0.1) is 0 Å². The van der Waals surface area contributed by atoms with Crippen LogP contribution < -0.4 is 4.74 Å². The molecule has 1 aromatic heterocycles. The highest BCUT2D eigenvalue weighted by Crippen LogP contribution is 2.41. The maximum atomic E-state index is 13.7. The number of para-hydroxylation sites is 1. The summed E-state index contributed by atoms with van der Waals surface area (Å²) < 4.78 is 11.2. The van der Waals surface area contributed by atoms with E-state index in [4.69, 9.17) is 20.8 Å². The number of amides is 1. The fraction of sp³-hybridized carbons (Fsp3) is 0.111. The first-order valence-electron chi connectivity index (χ1n) is 10.6. The highest BCUT2D eigenvalue weighted by molar-refractivity contribution is 6.30. The monoisotopic (exact) mass is 473 g/mol. The molecule has 0 bridgehead atoms. The minimum absolute atomic E-state index is 0.00226. The number of aliphatic hydroxyl groups is 1. The molecule has 0 saturated heterocycles. The first-order valence-corrected chi connectivity index (χ1v) is 11.0. The third-order valence-electron chi connectivity index (χ3n) is 5.86. The highest BCUT2D eigenvalue weighted by atomic mass is 35.5. The van der Waals surface area contributed by atoms with Gasteiger partial charge in [0.15, 0.2) is 22.9 Å². The second-order valence-electron chi connectivity index (χ2n) is 7.96. The lowest BCUT2D eigenvalue weighted by atomic mass is 9.95. The maximum absolute atomic E-state index is 13.7. The van der Waals surface area contributed by atoms with Gasteiger partial charge in [-0.05, 0) is 35.4 Å². The van der Waals surface area contributed by atoms with E-state index < -0.39 is 23.5 Å². The number of aliphatic hydroxyl groups excluding tert-OH is 1. The quantitative estimate of drug-likeness (QED) is 0.354. The van der Waals surface area contributed by atoms with Crippen LogP contribution in [0.1, 0.15) is 27.7 Å². The van der Waals surface area contributed by atoms with E-state index >= 15 is 0 Å². The summed E-state index contributed by atoms with van der Waals surface area (Å²) in [7, 11) is 1.51. The lowest BCUT2D eigenvalue weighted by molar-refractivity contribution is -0.130. The van der Waals surface area contributed by atoms with E-state index in [0.717, 1.165) is 5.56 Å². The molecule has 2 heterocycles. The van der Waals surface area contributed by atoms with Crippen LogP contribution in [0.2, 0.25) is 5.02 Å². The van der Waals surface area contributed by atoms with Gasteiger partial charge in [0.1, 0.15) is 0 Å². The van der Waals surface area contributed by atoms with Crippen LogP contribution in [0.15, 0.2) is 94.6 Å². The van der Waals surface area contributed by atoms with Gasteiger partial charge in [0.25, 0.3) is 5.91 Å². The number of rotatable bonds is 6. The van der Waals surface area contributed by atoms with Gasteiger partial charge in [0, 0.05) is 17.0 Å². The molecule has 1 aliphatic heterocycles. The van der Waals surface area contributed by atoms with Gasteiger partial charge in [0.05, 0.1) is 18.7 Å². The van der Waals surface area contributed by atoms with Crippen LogP contribution in [-0.4, -0.2) is 28.8 Å². The number of ketones is 1. The Balaban J connectivity index is 1.61. The summed E-state index contributed by atoms with van der Waals surface area (Å²) in [6, 6.07) is 22.3. The summed E-state index contributed by atoms with van der Waals surface area (Å²) in [6.45, 7) is 0.200. The lowest BCUT2D eigenvalue weighted by Gasteiger charge is -2.27. The number of hydrogen-bond acceptors (Lipinski definition) is 5. The van der Waals surface area contributed by atoms with Crippen LogP contribution >= 0.6 is 11.6 Å². The van der Waals surface area contributed by atoms with Crippen molar-refractivity contribution in [3.8, 4) is 5.75 Å². The zero-order valence-electron chi connectivity index (χ0n) is 18.2. The molecule has 170 valence electrons. The van der Waals surface area contributed by atoms with Gasteiger partial charge in [-0.3, -0.25) is 9.59 Å². The predicted molar refractivity (Wildman–Crippen MR) is 128 cm³/mol. The average Bonchev–Trinajstić information content (AvgIpc) is 3.39. The highest BCUT2D eigenvalue weighted by Gasteiger charge is 2.44. The average molecular weight is 474 g/mol. The third kappa shape index (κ3) is 3.72. The molecule has 7 heteroatoms. The second-order valence-corrected chi connectivity index (χ2v) is 8.39. The minimum Gasteiger partial charge on any atom is -0.503 e. The SMILES string of the molecule is COc1cccc2cc(C(=O)C3=C(O)C(=O)N(Cc4ccccc4)C3c3cccc(Cl)c3)oc12. The van der Waals surface area contributed by atoms with Crippen molar-refractivity contribution in [1.82, 2.24) is 4.90 Å². The molecule has 1 atom stereocenters. The summed E-state index contributed by atoms with van der Waals surface area (Å²) in [5.41, 5.74) is 1.83. The molecule has 6 nitrogen and oxygen atoms in total. The molecule has 1 N–H and O–H groups in total. The van der Waals surface area contributed by atoms with Crippen LogP contribution in [0.25, 0.3) is 11.0 Å². The number of methoxy groups -OCH3 is 1. The molecule has 34 heavy (non-hydrogen) atoms. The first-order chi connectivity index (χ1) is 16.5. The first kappa shape index (κ1) is 21.8. The van der Waals surface area contributed by atoms with E-state index in [2.05, 4.69) is 0 Å². The van der Waals surface area contributed by atoms with Crippen LogP contribution in [0.4, 0.5) is 0 Å². The van der Waals surface area contributed by atoms with E-state index in [1.165, 1.54) is 12.0 Å². The smallest absolute Gasteiger partial charge is 0.290 e. The van der Waals surface area contributed by atoms with Crippen LogP contribution in [0.5, 0.6) is 5.75 Å². The summed E-state index contributed by atoms with van der Waals surface area (Å²) in [4.78, 5) is 28.3. The number of ether oxygens (including phenoxy) is 1. The van der Waals surface area contributed by atoms with Gasteiger partial charge in [-0.25, -0.2) is 0 Å². The van der Waals surface area contributed by atoms with Crippen molar-refractivity contribution in [2.75, 3.05) is 7.11 Å². The van der Waals surface area contributed by atoms with Gasteiger partial charge in [-0.1, -0.05) is 66.2 Å². The number of fused-ring (bicyclic) bond motifs is 1. The van der Waals surface area contributed by atoms with Crippen molar-refractivity contribution in [1.29, 1.82) is 0 Å². The van der Waals surface area contributed by atoms with Crippen molar-refractivity contribution in [3.63, 3.8) is 0 Å². The van der Waals surface area contributed by atoms with Gasteiger partial charge in [0.2, 0.25) is 5.78 Å². The van der Waals surface area contributed by atoms with Gasteiger partial charge in [-0.2, -0.15) is 0 Å². The fourth-order valence-electron chi connectivity index (χ4n) is 4.29. The topological polar surface area (TPSA) is 80.0 Å². The third-order valence-corrected chi connectivity index (χ3v) is 6.10. The lowest BCUT2D eigenvalue weighted by Crippen LogP contribution is -2.30. The van der Waals surface area contributed by atoms with E-state index in [0.29, 0.717) is 27.3 Å². The molecule has 5 rings (SSSR count). The van der Waals surface area contributed by atoms with Crippen molar-refractivity contribution in [3.05, 3.63) is 112 Å². The largest absolute Gasteiger partial charge is 0.503 e. The molecular weight excluding hydrogens is 454 g/mol. The molecule has 0 radical (unpaired) electrons. The Labute approximate surface area is 200 Å². The number of nitrogens with zero attached hydrogens (tertiary/aromatic N) is 1. The van der Waals surface area contributed by atoms with E-state index in [9.17, 15) is 14.7 Å². The molecule has 0 saturated carbocycles. The number of halogens is 1. The number of carbonyl (C=O) groups is 2. The number of carbonyl (C=O) groups excluding carboxylic acids is 2. The standard InChI is InChI=1S/C27H20ClNO5/c1-33-20-12-6-10-18-14-21(34-26(18)20)24(30)22-23(17-9-5-11-19(28)13-17)29(27(32)25(22)31)15-16-7-3-2-4-8-16/h2-14,23,31H,15H2,1H3. The molecule has 1 unspecified atom stereocenters. The normalized spacial score (nSPS) is 15.9. The second kappa shape index (κ2) is 8.72. The summed E-state index contributed by atoms with van der Waals surface area (Å²) in [6.07, 6.45) is 0. The van der Waals surface area contributed by atoms with Crippen molar-refractivity contribution in [2.45, 2.75) is 12.6 Å². The molecule has 4 aromatic rings.